The second-order valence-corrected chi connectivity index (χ2v) is 8.48. The lowest BCUT2D eigenvalue weighted by Gasteiger charge is -2.15. The number of carbonyl (C=O) groups is 2. The summed E-state index contributed by atoms with van der Waals surface area (Å²) < 4.78 is 15.5. The molecule has 0 amide bonds. The molecule has 4 nitrogen and oxygen atoms in total. The third-order valence-corrected chi connectivity index (χ3v) is 6.54. The molecule has 1 aromatic heterocycles. The highest BCUT2D eigenvalue weighted by atomic mass is 35.5. The van der Waals surface area contributed by atoms with Crippen LogP contribution in [-0.2, 0) is 0 Å². The molecular formula is C23H12Cl4FNO3. The molecule has 0 radical (unpaired) electrons. The van der Waals surface area contributed by atoms with Crippen molar-refractivity contribution in [3.05, 3.63) is 103 Å². The van der Waals surface area contributed by atoms with Crippen LogP contribution >= 0.6 is 46.4 Å². The second-order valence-electron chi connectivity index (χ2n) is 6.88. The summed E-state index contributed by atoms with van der Waals surface area (Å²) in [5, 5.41) is 10.2. The van der Waals surface area contributed by atoms with E-state index in [-0.39, 0.29) is 60.5 Å². The zero-order chi connectivity index (χ0) is 23.2. The van der Waals surface area contributed by atoms with Crippen molar-refractivity contribution < 1.29 is 19.1 Å². The molecule has 0 bridgehead atoms. The summed E-state index contributed by atoms with van der Waals surface area (Å²) in [6.45, 7) is 0. The van der Waals surface area contributed by atoms with Crippen LogP contribution in [0.1, 0.15) is 32.8 Å². The van der Waals surface area contributed by atoms with Gasteiger partial charge in [-0.1, -0.05) is 70.7 Å². The topological polar surface area (TPSA) is 59.3 Å². The number of phenols is 1. The maximum Gasteiger partial charge on any atom is 0.212 e. The second kappa shape index (κ2) is 8.75. The number of aromatic hydroxyl groups is 1. The molecule has 9 heteroatoms. The number of hydrogen-bond acceptors (Lipinski definition) is 3. The van der Waals surface area contributed by atoms with E-state index in [1.807, 2.05) is 0 Å². The highest BCUT2D eigenvalue weighted by molar-refractivity contribution is 6.47. The number of halogens is 5. The minimum atomic E-state index is -0.733. The van der Waals surface area contributed by atoms with Gasteiger partial charge in [0.15, 0.2) is 5.78 Å². The van der Waals surface area contributed by atoms with E-state index in [9.17, 15) is 19.1 Å². The van der Waals surface area contributed by atoms with Gasteiger partial charge in [0.05, 0.1) is 32.6 Å². The van der Waals surface area contributed by atoms with Crippen LogP contribution in [-0.4, -0.2) is 21.2 Å². The first-order valence-electron chi connectivity index (χ1n) is 9.19. The highest BCUT2D eigenvalue weighted by Gasteiger charge is 2.34. The number of rotatable bonds is 5. The van der Waals surface area contributed by atoms with Gasteiger partial charge in [-0.05, 0) is 30.3 Å². The third-order valence-electron chi connectivity index (χ3n) is 4.96. The Kier molecular flexibility index (Phi) is 6.19. The molecule has 0 aliphatic heterocycles. The van der Waals surface area contributed by atoms with E-state index >= 15 is 0 Å². The number of allylic oxidation sites excluding steroid dienone is 4. The molecule has 32 heavy (non-hydrogen) atoms. The van der Waals surface area contributed by atoms with E-state index < -0.39 is 17.4 Å². The van der Waals surface area contributed by atoms with E-state index in [1.165, 1.54) is 41.0 Å². The SMILES string of the molecule is O=C(C1=C(n2c(C(=O)c3ccccc3F)cc(Cl)c2Cl)C(Cl)=C(Cl)C1)c1ccccc1O. The maximum atomic E-state index is 14.3. The quantitative estimate of drug-likeness (QED) is 0.374. The molecule has 2 aromatic carbocycles. The molecule has 0 saturated carbocycles. The predicted octanol–water partition coefficient (Wildman–Crippen LogP) is 7.06. The van der Waals surface area contributed by atoms with Gasteiger partial charge in [0.2, 0.25) is 5.78 Å². The van der Waals surface area contributed by atoms with Crippen LogP contribution in [0.25, 0.3) is 5.70 Å². The van der Waals surface area contributed by atoms with Gasteiger partial charge in [-0.3, -0.25) is 14.2 Å². The van der Waals surface area contributed by atoms with E-state index in [0.29, 0.717) is 0 Å². The van der Waals surface area contributed by atoms with Gasteiger partial charge in [-0.2, -0.15) is 0 Å². The van der Waals surface area contributed by atoms with Crippen LogP contribution in [0.2, 0.25) is 10.2 Å². The van der Waals surface area contributed by atoms with Crippen molar-refractivity contribution in [3.63, 3.8) is 0 Å². The van der Waals surface area contributed by atoms with Crippen LogP contribution in [0.15, 0.2) is 70.2 Å². The minimum Gasteiger partial charge on any atom is -0.507 e. The van der Waals surface area contributed by atoms with Crippen molar-refractivity contribution >= 4 is 63.7 Å². The van der Waals surface area contributed by atoms with Crippen LogP contribution in [0, 0.1) is 5.82 Å². The molecule has 3 aromatic rings. The molecule has 1 N–H and O–H groups in total. The summed E-state index contributed by atoms with van der Waals surface area (Å²) in [5.41, 5.74) is -0.155. The van der Waals surface area contributed by atoms with Crippen molar-refractivity contribution in [1.82, 2.24) is 4.57 Å². The van der Waals surface area contributed by atoms with Gasteiger partial charge in [0, 0.05) is 17.0 Å². The number of aromatic nitrogens is 1. The zero-order valence-electron chi connectivity index (χ0n) is 16.0. The van der Waals surface area contributed by atoms with Crippen LogP contribution < -0.4 is 0 Å². The van der Waals surface area contributed by atoms with Gasteiger partial charge in [0.1, 0.15) is 16.7 Å². The van der Waals surface area contributed by atoms with Crippen LogP contribution in [0.3, 0.4) is 0 Å². The molecule has 4 rings (SSSR count). The van der Waals surface area contributed by atoms with Crippen molar-refractivity contribution in [2.75, 3.05) is 0 Å². The van der Waals surface area contributed by atoms with E-state index in [2.05, 4.69) is 0 Å². The Bertz CT molecular complexity index is 1360. The van der Waals surface area contributed by atoms with Gasteiger partial charge >= 0.3 is 0 Å². The van der Waals surface area contributed by atoms with Crippen molar-refractivity contribution in [2.24, 2.45) is 0 Å². The fourth-order valence-electron chi connectivity index (χ4n) is 3.45. The standard InChI is InChI=1S/C23H12Cl4FNO3/c24-14-9-13(21(31)12-6-2-4-8-18(12)30)20(19(14)26)29-17(10-15(25)23(29)27)22(32)11-5-1-3-7-16(11)28/h1-8,10,30H,9H2. The first-order valence-corrected chi connectivity index (χ1v) is 10.7. The number of para-hydroxylation sites is 1. The van der Waals surface area contributed by atoms with Gasteiger partial charge in [-0.15, -0.1) is 0 Å². The number of carbonyl (C=O) groups excluding carboxylic acids is 2. The monoisotopic (exact) mass is 509 g/mol. The Morgan fingerprint density at radius 1 is 0.906 bits per heavy atom. The minimum absolute atomic E-state index is 0.000650. The fraction of sp³-hybridized carbons (Fsp3) is 0.0435. The molecule has 162 valence electrons. The number of Topliss-reactive ketones (excluding diaryl/α,β-unsaturated/α-hetero) is 1. The molecule has 0 fully saturated rings. The molecule has 0 spiro atoms. The Morgan fingerprint density at radius 2 is 1.53 bits per heavy atom. The van der Waals surface area contributed by atoms with Gasteiger partial charge in [0.25, 0.3) is 0 Å². The summed E-state index contributed by atoms with van der Waals surface area (Å²) in [4.78, 5) is 26.5. The highest BCUT2D eigenvalue weighted by Crippen LogP contribution is 2.45. The molecule has 0 saturated heterocycles. The normalized spacial score (nSPS) is 13.8. The largest absolute Gasteiger partial charge is 0.507 e. The molecule has 1 heterocycles. The van der Waals surface area contributed by atoms with E-state index in [1.54, 1.807) is 12.1 Å². The number of ketones is 2. The van der Waals surface area contributed by atoms with Crippen molar-refractivity contribution in [3.8, 4) is 5.75 Å². The summed E-state index contributed by atoms with van der Waals surface area (Å²) >= 11 is 25.3. The van der Waals surface area contributed by atoms with Crippen molar-refractivity contribution in [2.45, 2.75) is 6.42 Å². The van der Waals surface area contributed by atoms with Crippen LogP contribution in [0.4, 0.5) is 4.39 Å². The van der Waals surface area contributed by atoms with Gasteiger partial charge < -0.3 is 5.11 Å². The Balaban J connectivity index is 1.95. The lowest BCUT2D eigenvalue weighted by molar-refractivity contribution is 0.101. The average molecular weight is 511 g/mol. The molecular weight excluding hydrogens is 499 g/mol. The summed E-state index contributed by atoms with van der Waals surface area (Å²) in [6.07, 6.45) is -0.0532. The molecule has 0 atom stereocenters. The first-order chi connectivity index (χ1) is 15.2. The summed E-state index contributed by atoms with van der Waals surface area (Å²) in [7, 11) is 0. The predicted molar refractivity (Wildman–Crippen MR) is 123 cm³/mol. The molecule has 0 unspecified atom stereocenters. The number of benzene rings is 2. The first kappa shape index (κ1) is 22.6. The third kappa shape index (κ3) is 3.76. The number of phenolic OH excluding ortho intramolecular Hbond substituents is 1. The summed E-state index contributed by atoms with van der Waals surface area (Å²) in [6, 6.07) is 12.7. The lowest BCUT2D eigenvalue weighted by atomic mass is 10.0. The zero-order valence-corrected chi connectivity index (χ0v) is 19.0. The Morgan fingerprint density at radius 3 is 2.19 bits per heavy atom. The van der Waals surface area contributed by atoms with Crippen molar-refractivity contribution in [1.29, 1.82) is 0 Å². The smallest absolute Gasteiger partial charge is 0.212 e. The van der Waals surface area contributed by atoms with Gasteiger partial charge in [-0.25, -0.2) is 4.39 Å². The van der Waals surface area contributed by atoms with Crippen LogP contribution in [0.5, 0.6) is 5.75 Å². The maximum absolute atomic E-state index is 14.3. The summed E-state index contributed by atoms with van der Waals surface area (Å²) in [5.74, 6) is -2.24. The Labute approximate surface area is 202 Å². The Hall–Kier alpha value is -2.57. The molecule has 1 aliphatic rings. The van der Waals surface area contributed by atoms with E-state index in [4.69, 9.17) is 46.4 Å². The lowest BCUT2D eigenvalue weighted by Crippen LogP contribution is -2.14. The van der Waals surface area contributed by atoms with E-state index in [0.717, 1.165) is 6.07 Å². The fourth-order valence-corrected chi connectivity index (χ4v) is 4.36. The number of hydrogen-bond donors (Lipinski definition) is 1. The average Bonchev–Trinajstić information content (AvgIpc) is 3.23. The number of nitrogens with zero attached hydrogens (tertiary/aromatic N) is 1. The molecule has 1 aliphatic carbocycles.